The maximum absolute atomic E-state index is 13.0. The number of halogens is 1. The number of hydrogen-bond acceptors (Lipinski definition) is 4. The van der Waals surface area contributed by atoms with E-state index in [0.29, 0.717) is 16.9 Å². The van der Waals surface area contributed by atoms with Gasteiger partial charge in [-0.3, -0.25) is 19.5 Å². The zero-order valence-corrected chi connectivity index (χ0v) is 17.1. The molecular weight excluding hydrogens is 432 g/mol. The molecule has 2 heterocycles. The summed E-state index contributed by atoms with van der Waals surface area (Å²) in [7, 11) is 0. The van der Waals surface area contributed by atoms with Crippen LogP contribution in [0.1, 0.15) is 22.9 Å². The van der Waals surface area contributed by atoms with Crippen molar-refractivity contribution in [3.8, 4) is 0 Å². The number of aromatic nitrogens is 1. The number of hydrogen-bond donors (Lipinski definition) is 1. The van der Waals surface area contributed by atoms with Crippen LogP contribution < -0.4 is 4.90 Å². The maximum atomic E-state index is 13.0. The summed E-state index contributed by atoms with van der Waals surface area (Å²) in [5.41, 5.74) is 2.52. The van der Waals surface area contributed by atoms with Gasteiger partial charge in [-0.1, -0.05) is 46.3 Å². The van der Waals surface area contributed by atoms with E-state index < -0.39 is 17.7 Å². The molecule has 144 valence electrons. The van der Waals surface area contributed by atoms with E-state index in [9.17, 15) is 14.7 Å². The molecule has 4 rings (SSSR count). The lowest BCUT2D eigenvalue weighted by Crippen LogP contribution is -2.29. The van der Waals surface area contributed by atoms with Gasteiger partial charge in [0.05, 0.1) is 11.3 Å². The molecular formula is C23H17BrN2O3. The van der Waals surface area contributed by atoms with Crippen molar-refractivity contribution in [1.29, 1.82) is 0 Å². The fourth-order valence-electron chi connectivity index (χ4n) is 3.46. The number of anilines is 1. The summed E-state index contributed by atoms with van der Waals surface area (Å²) in [4.78, 5) is 31.8. The highest BCUT2D eigenvalue weighted by atomic mass is 79.9. The molecule has 0 aliphatic carbocycles. The zero-order chi connectivity index (χ0) is 20.5. The number of ketones is 1. The van der Waals surface area contributed by atoms with Crippen molar-refractivity contribution < 1.29 is 14.7 Å². The number of amides is 1. The number of pyridine rings is 1. The Morgan fingerprint density at radius 3 is 2.45 bits per heavy atom. The first-order valence-corrected chi connectivity index (χ1v) is 9.81. The summed E-state index contributed by atoms with van der Waals surface area (Å²) in [5, 5.41) is 11.0. The van der Waals surface area contributed by atoms with Gasteiger partial charge in [-0.25, -0.2) is 0 Å². The Hall–Kier alpha value is -3.25. The van der Waals surface area contributed by atoms with E-state index in [1.54, 1.807) is 54.7 Å². The van der Waals surface area contributed by atoms with Crippen LogP contribution in [0.25, 0.3) is 5.76 Å². The number of carbonyl (C=O) groups is 2. The Labute approximate surface area is 176 Å². The highest BCUT2D eigenvalue weighted by Crippen LogP contribution is 2.41. The number of Topliss-reactive ketones (excluding diaryl/α,β-unsaturated/α-hetero) is 1. The van der Waals surface area contributed by atoms with Gasteiger partial charge in [0, 0.05) is 21.9 Å². The summed E-state index contributed by atoms with van der Waals surface area (Å²) in [6.07, 6.45) is 1.60. The first-order valence-electron chi connectivity index (χ1n) is 9.02. The molecule has 1 aliphatic heterocycles. The minimum atomic E-state index is -0.818. The highest BCUT2D eigenvalue weighted by molar-refractivity contribution is 9.10. The van der Waals surface area contributed by atoms with E-state index in [2.05, 4.69) is 20.9 Å². The Balaban J connectivity index is 1.94. The monoisotopic (exact) mass is 448 g/mol. The largest absolute Gasteiger partial charge is 0.507 e. The van der Waals surface area contributed by atoms with E-state index in [0.717, 1.165) is 10.0 Å². The molecule has 0 spiro atoms. The molecule has 2 aromatic carbocycles. The van der Waals surface area contributed by atoms with Gasteiger partial charge < -0.3 is 5.11 Å². The minimum Gasteiger partial charge on any atom is -0.507 e. The van der Waals surface area contributed by atoms with Gasteiger partial charge in [-0.2, -0.15) is 0 Å². The molecule has 1 atom stereocenters. The number of aliphatic hydroxyl groups excluding tert-OH is 1. The third-order valence-corrected chi connectivity index (χ3v) is 5.34. The maximum Gasteiger partial charge on any atom is 0.300 e. The van der Waals surface area contributed by atoms with E-state index in [4.69, 9.17) is 0 Å². The standard InChI is InChI=1S/C23H17BrN2O3/c1-14-5-4-6-17(13-14)26-20(18-7-2-3-12-25-18)19(22(28)23(26)29)21(27)15-8-10-16(24)11-9-15/h2-13,20,27H,1H3/b21-19+. The number of nitrogens with zero attached hydrogens (tertiary/aromatic N) is 2. The van der Waals surface area contributed by atoms with E-state index >= 15 is 0 Å². The van der Waals surface area contributed by atoms with Gasteiger partial charge in [0.25, 0.3) is 11.7 Å². The van der Waals surface area contributed by atoms with Crippen molar-refractivity contribution >= 4 is 39.1 Å². The SMILES string of the molecule is Cc1cccc(N2C(=O)C(=O)/C(=C(/O)c3ccc(Br)cc3)C2c2ccccn2)c1. The lowest BCUT2D eigenvalue weighted by atomic mass is 9.98. The number of benzene rings is 2. The molecule has 1 N–H and O–H groups in total. The second kappa shape index (κ2) is 7.64. The number of aryl methyl sites for hydroxylation is 1. The van der Waals surface area contributed by atoms with E-state index in [1.165, 1.54) is 4.90 Å². The lowest BCUT2D eigenvalue weighted by Gasteiger charge is -2.24. The topological polar surface area (TPSA) is 70.5 Å². The molecule has 6 heteroatoms. The van der Waals surface area contributed by atoms with Crippen LogP contribution in [0.2, 0.25) is 0 Å². The highest BCUT2D eigenvalue weighted by Gasteiger charge is 2.47. The van der Waals surface area contributed by atoms with Crippen LogP contribution in [-0.2, 0) is 9.59 Å². The van der Waals surface area contributed by atoms with Crippen molar-refractivity contribution in [3.63, 3.8) is 0 Å². The third-order valence-electron chi connectivity index (χ3n) is 4.81. The van der Waals surface area contributed by atoms with Crippen LogP contribution in [0.3, 0.4) is 0 Å². The second-order valence-electron chi connectivity index (χ2n) is 6.77. The van der Waals surface area contributed by atoms with Gasteiger partial charge in [-0.15, -0.1) is 0 Å². The van der Waals surface area contributed by atoms with Crippen molar-refractivity contribution in [1.82, 2.24) is 4.98 Å². The average molecular weight is 449 g/mol. The first kappa shape index (κ1) is 19.1. The molecule has 29 heavy (non-hydrogen) atoms. The number of carbonyl (C=O) groups excluding carboxylic acids is 2. The van der Waals surface area contributed by atoms with Gasteiger partial charge in [-0.05, 0) is 48.9 Å². The molecule has 0 saturated carbocycles. The summed E-state index contributed by atoms with van der Waals surface area (Å²) in [6, 6.07) is 18.7. The smallest absolute Gasteiger partial charge is 0.300 e. The number of rotatable bonds is 3. The van der Waals surface area contributed by atoms with Gasteiger partial charge >= 0.3 is 0 Å². The Kier molecular flexibility index (Phi) is 5.03. The minimum absolute atomic E-state index is 0.0255. The molecule has 3 aromatic rings. The fraction of sp³-hybridized carbons (Fsp3) is 0.0870. The Morgan fingerprint density at radius 2 is 1.79 bits per heavy atom. The van der Waals surface area contributed by atoms with Crippen molar-refractivity contribution in [2.75, 3.05) is 4.90 Å². The van der Waals surface area contributed by atoms with Gasteiger partial charge in [0.15, 0.2) is 0 Å². The molecule has 0 radical (unpaired) electrons. The summed E-state index contributed by atoms with van der Waals surface area (Å²) in [5.74, 6) is -1.64. The summed E-state index contributed by atoms with van der Waals surface area (Å²) >= 11 is 3.36. The fourth-order valence-corrected chi connectivity index (χ4v) is 3.72. The Bertz CT molecular complexity index is 1120. The van der Waals surface area contributed by atoms with Crippen LogP contribution >= 0.6 is 15.9 Å². The average Bonchev–Trinajstić information content (AvgIpc) is 2.99. The molecule has 1 aliphatic rings. The molecule has 5 nitrogen and oxygen atoms in total. The van der Waals surface area contributed by atoms with Gasteiger partial charge in [0.1, 0.15) is 11.8 Å². The molecule has 1 aromatic heterocycles. The second-order valence-corrected chi connectivity index (χ2v) is 7.69. The zero-order valence-electron chi connectivity index (χ0n) is 15.5. The van der Waals surface area contributed by atoms with Crippen LogP contribution in [0.15, 0.2) is 83.0 Å². The number of aliphatic hydroxyl groups is 1. The van der Waals surface area contributed by atoms with Gasteiger partial charge in [0.2, 0.25) is 0 Å². The van der Waals surface area contributed by atoms with Crippen LogP contribution in [0.4, 0.5) is 5.69 Å². The predicted molar refractivity (Wildman–Crippen MR) is 114 cm³/mol. The van der Waals surface area contributed by atoms with Crippen LogP contribution in [0.5, 0.6) is 0 Å². The van der Waals surface area contributed by atoms with Crippen molar-refractivity contribution in [3.05, 3.63) is 99.8 Å². The summed E-state index contributed by atoms with van der Waals surface area (Å²) in [6.45, 7) is 1.91. The van der Waals surface area contributed by atoms with Crippen molar-refractivity contribution in [2.24, 2.45) is 0 Å². The third kappa shape index (κ3) is 3.47. The summed E-state index contributed by atoms with van der Waals surface area (Å²) < 4.78 is 0.843. The quantitative estimate of drug-likeness (QED) is 0.355. The lowest BCUT2D eigenvalue weighted by molar-refractivity contribution is -0.132. The first-order chi connectivity index (χ1) is 14.0. The van der Waals surface area contributed by atoms with Crippen molar-refractivity contribution in [2.45, 2.75) is 13.0 Å². The van der Waals surface area contributed by atoms with Crippen LogP contribution in [-0.4, -0.2) is 21.8 Å². The Morgan fingerprint density at radius 1 is 1.03 bits per heavy atom. The molecule has 1 saturated heterocycles. The molecule has 0 bridgehead atoms. The molecule has 1 amide bonds. The molecule has 1 unspecified atom stereocenters. The van der Waals surface area contributed by atoms with Crippen LogP contribution in [0, 0.1) is 6.92 Å². The van der Waals surface area contributed by atoms with E-state index in [-0.39, 0.29) is 11.3 Å². The predicted octanol–water partition coefficient (Wildman–Crippen LogP) is 4.78. The van der Waals surface area contributed by atoms with E-state index in [1.807, 2.05) is 25.1 Å². The normalized spacial score (nSPS) is 18.3. The molecule has 1 fully saturated rings.